The van der Waals surface area contributed by atoms with Crippen LogP contribution in [-0.2, 0) is 19.2 Å². The first-order valence-electron chi connectivity index (χ1n) is 15.3. The molecule has 5 rings (SSSR count). The van der Waals surface area contributed by atoms with E-state index in [9.17, 15) is 43.7 Å². The summed E-state index contributed by atoms with van der Waals surface area (Å²) < 4.78 is 18.9. The number of carbonyl (C=O) groups excluding carboxylic acids is 4. The standard InChI is InChI=1S/C36H32FN3O9S/c37-23-13-11-21(12-14-23)29(43)20-50-33-32(40(35(33)46)24-9-5-2-6-10-24)26-16-15-25(17-28(26)42)49-19-30(44)39-31(22-7-3-1-4-8-22)34(45)38-27(18-41)36(47)48/h1-17,27,31-33,41-42H,18-20H2,(H,38,45)(H,39,44)(H,47,48)/t27-,31-,32?,33?/m1/s1. The highest BCUT2D eigenvalue weighted by Crippen LogP contribution is 2.48. The van der Waals surface area contributed by atoms with Gasteiger partial charge in [0.2, 0.25) is 11.8 Å². The van der Waals surface area contributed by atoms with Crippen LogP contribution in [0.3, 0.4) is 0 Å². The first-order chi connectivity index (χ1) is 24.1. The molecule has 0 bridgehead atoms. The minimum atomic E-state index is -1.58. The van der Waals surface area contributed by atoms with Crippen molar-refractivity contribution < 1.29 is 48.4 Å². The molecule has 4 aromatic carbocycles. The Kier molecular flexibility index (Phi) is 11.5. The number of hydrogen-bond acceptors (Lipinski definition) is 9. The number of amides is 3. The molecule has 0 radical (unpaired) electrons. The number of aliphatic hydroxyl groups is 1. The number of Topliss-reactive ketones (excluding diaryl/α,β-unsaturated/α-hetero) is 1. The molecule has 1 saturated heterocycles. The van der Waals surface area contributed by atoms with E-state index in [1.54, 1.807) is 66.7 Å². The third-order valence-electron chi connectivity index (χ3n) is 7.83. The lowest BCUT2D eigenvalue weighted by Crippen LogP contribution is -2.57. The Balaban J connectivity index is 1.28. The number of nitrogens with one attached hydrogen (secondary N) is 2. The fourth-order valence-electron chi connectivity index (χ4n) is 5.29. The van der Waals surface area contributed by atoms with E-state index in [2.05, 4.69) is 10.6 Å². The Morgan fingerprint density at radius 1 is 0.900 bits per heavy atom. The monoisotopic (exact) mass is 701 g/mol. The Labute approximate surface area is 289 Å². The van der Waals surface area contributed by atoms with E-state index in [4.69, 9.17) is 4.74 Å². The summed E-state index contributed by atoms with van der Waals surface area (Å²) >= 11 is 1.11. The number of β-lactam (4-membered cyclic amide) rings is 1. The highest BCUT2D eigenvalue weighted by molar-refractivity contribution is 8.01. The van der Waals surface area contributed by atoms with E-state index in [1.807, 2.05) is 0 Å². The molecule has 5 N–H and O–H groups in total. The number of aliphatic carboxylic acids is 1. The highest BCUT2D eigenvalue weighted by atomic mass is 32.2. The van der Waals surface area contributed by atoms with Crippen molar-refractivity contribution in [3.8, 4) is 11.5 Å². The smallest absolute Gasteiger partial charge is 0.328 e. The first kappa shape index (κ1) is 35.6. The molecule has 1 fully saturated rings. The largest absolute Gasteiger partial charge is 0.507 e. The topological polar surface area (TPSA) is 183 Å². The van der Waals surface area contributed by atoms with Crippen LogP contribution < -0.4 is 20.3 Å². The molecule has 0 aliphatic carbocycles. The van der Waals surface area contributed by atoms with E-state index in [0.717, 1.165) is 11.8 Å². The average molecular weight is 702 g/mol. The van der Waals surface area contributed by atoms with Crippen LogP contribution in [0.1, 0.15) is 33.6 Å². The molecule has 4 aromatic rings. The number of hydrogen-bond donors (Lipinski definition) is 5. The average Bonchev–Trinajstić information content (AvgIpc) is 3.12. The number of ketones is 1. The van der Waals surface area contributed by atoms with Crippen molar-refractivity contribution >= 4 is 46.9 Å². The fraction of sp³-hybridized carbons (Fsp3) is 0.194. The van der Waals surface area contributed by atoms with Crippen LogP contribution in [0.2, 0.25) is 0 Å². The molecule has 1 aliphatic rings. The number of anilines is 1. The van der Waals surface area contributed by atoms with Crippen LogP contribution in [0.15, 0.2) is 103 Å². The van der Waals surface area contributed by atoms with Crippen molar-refractivity contribution in [1.82, 2.24) is 10.6 Å². The number of phenolic OH excluding ortho intramolecular Hbond substituents is 1. The Bertz CT molecular complexity index is 1860. The maximum absolute atomic E-state index is 13.4. The normalized spacial score (nSPS) is 16.4. The van der Waals surface area contributed by atoms with E-state index in [0.29, 0.717) is 22.4 Å². The zero-order chi connectivity index (χ0) is 35.8. The summed E-state index contributed by atoms with van der Waals surface area (Å²) in [6.45, 7) is -1.44. The van der Waals surface area contributed by atoms with E-state index >= 15 is 0 Å². The summed E-state index contributed by atoms with van der Waals surface area (Å²) in [6, 6.07) is 22.8. The molecular weight excluding hydrogens is 669 g/mol. The molecule has 258 valence electrons. The van der Waals surface area contributed by atoms with Gasteiger partial charge >= 0.3 is 5.97 Å². The Hall–Kier alpha value is -5.73. The number of carboxylic acids is 1. The summed E-state index contributed by atoms with van der Waals surface area (Å²) in [6.07, 6.45) is 0. The zero-order valence-corrected chi connectivity index (χ0v) is 27.1. The molecule has 0 aromatic heterocycles. The predicted molar refractivity (Wildman–Crippen MR) is 181 cm³/mol. The second kappa shape index (κ2) is 16.1. The third kappa shape index (κ3) is 8.28. The number of phenols is 1. The minimum absolute atomic E-state index is 0.0583. The highest BCUT2D eigenvalue weighted by Gasteiger charge is 2.50. The number of aliphatic hydroxyl groups excluding tert-OH is 1. The van der Waals surface area contributed by atoms with Gasteiger partial charge in [0.1, 0.15) is 34.6 Å². The molecule has 0 spiro atoms. The quantitative estimate of drug-likeness (QED) is 0.0910. The third-order valence-corrected chi connectivity index (χ3v) is 9.08. The lowest BCUT2D eigenvalue weighted by atomic mass is 9.91. The number of benzene rings is 4. The zero-order valence-electron chi connectivity index (χ0n) is 26.3. The summed E-state index contributed by atoms with van der Waals surface area (Å²) in [4.78, 5) is 64.8. The summed E-state index contributed by atoms with van der Waals surface area (Å²) in [5.41, 5.74) is 1.62. The molecule has 3 amide bonds. The van der Waals surface area contributed by atoms with E-state index in [-0.39, 0.29) is 28.9 Å². The maximum atomic E-state index is 13.4. The van der Waals surface area contributed by atoms with Gasteiger partial charge in [0, 0.05) is 22.9 Å². The van der Waals surface area contributed by atoms with Gasteiger partial charge in [-0.1, -0.05) is 48.5 Å². The number of carboxylic acid groups (broad SMARTS) is 1. The van der Waals surface area contributed by atoms with Crippen molar-refractivity contribution in [2.75, 3.05) is 23.9 Å². The lowest BCUT2D eigenvalue weighted by Gasteiger charge is -2.47. The van der Waals surface area contributed by atoms with Crippen molar-refractivity contribution in [1.29, 1.82) is 0 Å². The van der Waals surface area contributed by atoms with Crippen molar-refractivity contribution in [2.24, 2.45) is 0 Å². The number of ether oxygens (including phenoxy) is 1. The molecule has 1 heterocycles. The molecule has 4 atom stereocenters. The van der Waals surface area contributed by atoms with Crippen LogP contribution in [-0.4, -0.2) is 75.1 Å². The molecule has 12 nitrogen and oxygen atoms in total. The molecule has 0 saturated carbocycles. The van der Waals surface area contributed by atoms with Gasteiger partial charge in [0.05, 0.1) is 18.4 Å². The minimum Gasteiger partial charge on any atom is -0.507 e. The van der Waals surface area contributed by atoms with Gasteiger partial charge in [-0.25, -0.2) is 9.18 Å². The number of rotatable bonds is 15. The molecular formula is C36H32FN3O9S. The van der Waals surface area contributed by atoms with Gasteiger partial charge in [0.25, 0.3) is 5.91 Å². The summed E-state index contributed by atoms with van der Waals surface area (Å²) in [5.74, 6) is -4.27. The lowest BCUT2D eigenvalue weighted by molar-refractivity contribution is -0.143. The predicted octanol–water partition coefficient (Wildman–Crippen LogP) is 3.40. The summed E-state index contributed by atoms with van der Waals surface area (Å²) in [7, 11) is 0. The number of halogens is 1. The molecule has 50 heavy (non-hydrogen) atoms. The fourth-order valence-corrected chi connectivity index (χ4v) is 6.49. The second-order valence-corrected chi connectivity index (χ2v) is 12.3. The van der Waals surface area contributed by atoms with Gasteiger partial charge in [-0.05, 0) is 54.1 Å². The van der Waals surface area contributed by atoms with Crippen molar-refractivity contribution in [3.63, 3.8) is 0 Å². The summed E-state index contributed by atoms with van der Waals surface area (Å²) in [5, 5.41) is 33.6. The second-order valence-electron chi connectivity index (χ2n) is 11.2. The van der Waals surface area contributed by atoms with Crippen LogP contribution in [0, 0.1) is 5.82 Å². The number of nitrogens with zero attached hydrogens (tertiary/aromatic N) is 1. The Morgan fingerprint density at radius 2 is 1.56 bits per heavy atom. The van der Waals surface area contributed by atoms with Gasteiger partial charge in [-0.15, -0.1) is 11.8 Å². The van der Waals surface area contributed by atoms with Gasteiger partial charge < -0.3 is 35.6 Å². The first-order valence-corrected chi connectivity index (χ1v) is 16.3. The van der Waals surface area contributed by atoms with Crippen LogP contribution in [0.5, 0.6) is 11.5 Å². The molecule has 1 aliphatic heterocycles. The van der Waals surface area contributed by atoms with Gasteiger partial charge in [-0.2, -0.15) is 0 Å². The Morgan fingerprint density at radius 3 is 2.18 bits per heavy atom. The number of thioether (sulfide) groups is 1. The number of aromatic hydroxyl groups is 1. The molecule has 14 heteroatoms. The van der Waals surface area contributed by atoms with Gasteiger partial charge in [0.15, 0.2) is 12.4 Å². The van der Waals surface area contributed by atoms with Crippen molar-refractivity contribution in [2.45, 2.75) is 23.4 Å². The maximum Gasteiger partial charge on any atom is 0.328 e. The number of carbonyl (C=O) groups is 5. The van der Waals surface area contributed by atoms with Gasteiger partial charge in [-0.3, -0.25) is 19.2 Å². The van der Waals surface area contributed by atoms with Crippen LogP contribution in [0.25, 0.3) is 0 Å². The van der Waals surface area contributed by atoms with Crippen LogP contribution >= 0.6 is 11.8 Å². The molecule has 2 unspecified atom stereocenters. The van der Waals surface area contributed by atoms with E-state index < -0.39 is 60.2 Å². The SMILES string of the molecule is O=C(COc1ccc(C2C(SCC(=O)c3ccc(F)cc3)C(=O)N2c2ccccc2)c(O)c1)N[C@@H](C(=O)N[C@H](CO)C(=O)O)c1ccccc1. The number of para-hydroxylation sites is 1. The van der Waals surface area contributed by atoms with Crippen LogP contribution in [0.4, 0.5) is 10.1 Å². The van der Waals surface area contributed by atoms with E-state index in [1.165, 1.54) is 41.3 Å². The van der Waals surface area contributed by atoms with Crippen molar-refractivity contribution in [3.05, 3.63) is 126 Å².